The number of carbonyl (C=O) groups excluding carboxylic acids is 3. The number of fused-ring (bicyclic) bond motifs is 5. The van der Waals surface area contributed by atoms with Crippen LogP contribution in [0.3, 0.4) is 0 Å². The van der Waals surface area contributed by atoms with Gasteiger partial charge in [0.25, 0.3) is 0 Å². The maximum atomic E-state index is 13.2. The van der Waals surface area contributed by atoms with Gasteiger partial charge in [0.1, 0.15) is 17.7 Å². The minimum atomic E-state index is -0.665. The number of hydrogen-bond acceptors (Lipinski definition) is 5. The number of amides is 1. The molecule has 0 saturated carbocycles. The quantitative estimate of drug-likeness (QED) is 0.686. The van der Waals surface area contributed by atoms with Crippen LogP contribution in [0.25, 0.3) is 10.9 Å². The Balaban J connectivity index is 1.93. The molecule has 0 unspecified atom stereocenters. The summed E-state index contributed by atoms with van der Waals surface area (Å²) in [5.41, 5.74) is 1.79. The molecule has 0 aliphatic carbocycles. The number of para-hydroxylation sites is 1. The minimum Gasteiger partial charge on any atom is -0.460 e. The van der Waals surface area contributed by atoms with Crippen LogP contribution in [-0.2, 0) is 25.5 Å². The van der Waals surface area contributed by atoms with Gasteiger partial charge in [-0.2, -0.15) is 0 Å². The van der Waals surface area contributed by atoms with Crippen molar-refractivity contribution in [1.82, 2.24) is 9.47 Å². The number of piperidine rings is 1. The van der Waals surface area contributed by atoms with Gasteiger partial charge < -0.3 is 14.4 Å². The maximum absolute atomic E-state index is 13.2. The zero-order chi connectivity index (χ0) is 20.9. The molecule has 1 saturated heterocycles. The number of aromatic nitrogens is 1. The van der Waals surface area contributed by atoms with Crippen LogP contribution in [0.1, 0.15) is 57.8 Å². The SMILES string of the molecule is CC(=O)O[C@H]1CCC(=O)N2CCc3c(n(C(=O)OC(C)(C)C)c4ccccc34)[C@H]12. The van der Waals surface area contributed by atoms with Crippen molar-refractivity contribution in [3.05, 3.63) is 35.5 Å². The van der Waals surface area contributed by atoms with E-state index in [2.05, 4.69) is 0 Å². The largest absolute Gasteiger partial charge is 0.460 e. The lowest BCUT2D eigenvalue weighted by molar-refractivity contribution is -0.161. The standard InChI is InChI=1S/C22H26N2O5/c1-13(25)28-17-9-10-18(26)23-12-11-15-14-7-5-6-8-16(14)24(19(15)20(17)23)21(27)29-22(2,3)4/h5-8,17,20H,9-12H2,1-4H3/t17-,20-/m0/s1. The van der Waals surface area contributed by atoms with Gasteiger partial charge in [0.05, 0.1) is 11.2 Å². The van der Waals surface area contributed by atoms with Crippen molar-refractivity contribution in [3.8, 4) is 0 Å². The third-order valence-electron chi connectivity index (χ3n) is 5.45. The molecule has 2 aromatic rings. The van der Waals surface area contributed by atoms with E-state index in [1.54, 1.807) is 9.47 Å². The molecule has 1 aromatic heterocycles. The molecular weight excluding hydrogens is 372 g/mol. The predicted molar refractivity (Wildman–Crippen MR) is 107 cm³/mol. The Labute approximate surface area is 169 Å². The smallest absolute Gasteiger partial charge is 0.419 e. The summed E-state index contributed by atoms with van der Waals surface area (Å²) in [5, 5.41) is 0.965. The third-order valence-corrected chi connectivity index (χ3v) is 5.45. The summed E-state index contributed by atoms with van der Waals surface area (Å²) < 4.78 is 12.9. The van der Waals surface area contributed by atoms with E-state index in [1.807, 2.05) is 45.0 Å². The van der Waals surface area contributed by atoms with Crippen LogP contribution < -0.4 is 0 Å². The van der Waals surface area contributed by atoms with E-state index < -0.39 is 29.8 Å². The van der Waals surface area contributed by atoms with E-state index in [9.17, 15) is 14.4 Å². The Hall–Kier alpha value is -2.83. The molecule has 7 heteroatoms. The van der Waals surface area contributed by atoms with E-state index in [0.717, 1.165) is 16.5 Å². The van der Waals surface area contributed by atoms with Gasteiger partial charge in [-0.15, -0.1) is 0 Å². The summed E-state index contributed by atoms with van der Waals surface area (Å²) in [4.78, 5) is 39.4. The monoisotopic (exact) mass is 398 g/mol. The summed E-state index contributed by atoms with van der Waals surface area (Å²) in [7, 11) is 0. The van der Waals surface area contributed by atoms with Crippen molar-refractivity contribution in [2.24, 2.45) is 0 Å². The van der Waals surface area contributed by atoms with Crippen LogP contribution in [0.2, 0.25) is 0 Å². The normalized spacial score (nSPS) is 21.5. The Bertz CT molecular complexity index is 1000. The number of carbonyl (C=O) groups is 3. The lowest BCUT2D eigenvalue weighted by Crippen LogP contribution is -2.51. The van der Waals surface area contributed by atoms with E-state index >= 15 is 0 Å². The first-order valence-electron chi connectivity index (χ1n) is 9.99. The van der Waals surface area contributed by atoms with Gasteiger partial charge in [-0.25, -0.2) is 9.36 Å². The van der Waals surface area contributed by atoms with E-state index in [0.29, 0.717) is 31.5 Å². The maximum Gasteiger partial charge on any atom is 0.419 e. The Morgan fingerprint density at radius 2 is 1.86 bits per heavy atom. The Morgan fingerprint density at radius 3 is 2.55 bits per heavy atom. The second-order valence-corrected chi connectivity index (χ2v) is 8.67. The molecule has 2 aliphatic heterocycles. The first-order chi connectivity index (χ1) is 13.7. The molecule has 0 N–H and O–H groups in total. The van der Waals surface area contributed by atoms with Crippen molar-refractivity contribution >= 4 is 28.9 Å². The third kappa shape index (κ3) is 3.39. The molecule has 0 spiro atoms. The highest BCUT2D eigenvalue weighted by atomic mass is 16.6. The summed E-state index contributed by atoms with van der Waals surface area (Å²) in [6.07, 6.45) is 0.428. The molecular formula is C22H26N2O5. The van der Waals surface area contributed by atoms with Crippen molar-refractivity contribution in [2.45, 2.75) is 64.7 Å². The molecule has 1 aromatic carbocycles. The molecule has 2 atom stereocenters. The second-order valence-electron chi connectivity index (χ2n) is 8.67. The molecule has 4 rings (SSSR count). The molecule has 1 fully saturated rings. The van der Waals surface area contributed by atoms with Crippen molar-refractivity contribution in [2.75, 3.05) is 6.54 Å². The lowest BCUT2D eigenvalue weighted by Gasteiger charge is -2.43. The summed E-state index contributed by atoms with van der Waals surface area (Å²) in [5.74, 6) is -0.374. The van der Waals surface area contributed by atoms with Crippen LogP contribution in [0.15, 0.2) is 24.3 Å². The highest BCUT2D eigenvalue weighted by molar-refractivity contribution is 5.95. The van der Waals surface area contributed by atoms with Gasteiger partial charge in [-0.05, 0) is 45.2 Å². The molecule has 3 heterocycles. The van der Waals surface area contributed by atoms with Crippen LogP contribution in [-0.4, -0.2) is 45.7 Å². The average molecular weight is 398 g/mol. The summed E-state index contributed by atoms with van der Waals surface area (Å²) in [6, 6.07) is 7.18. The topological polar surface area (TPSA) is 77.8 Å². The first kappa shape index (κ1) is 19.5. The predicted octanol–water partition coefficient (Wildman–Crippen LogP) is 3.58. The fourth-order valence-corrected chi connectivity index (χ4v) is 4.48. The molecule has 0 radical (unpaired) electrons. The fourth-order valence-electron chi connectivity index (χ4n) is 4.48. The number of esters is 1. The molecule has 1 amide bonds. The highest BCUT2D eigenvalue weighted by Crippen LogP contribution is 2.43. The summed E-state index contributed by atoms with van der Waals surface area (Å²) >= 11 is 0. The van der Waals surface area contributed by atoms with Gasteiger partial charge in [0.15, 0.2) is 0 Å². The van der Waals surface area contributed by atoms with Gasteiger partial charge >= 0.3 is 12.1 Å². The molecule has 154 valence electrons. The van der Waals surface area contributed by atoms with Crippen LogP contribution in [0.5, 0.6) is 0 Å². The van der Waals surface area contributed by atoms with E-state index in [1.165, 1.54) is 6.92 Å². The van der Waals surface area contributed by atoms with E-state index in [-0.39, 0.29) is 5.91 Å². The first-order valence-corrected chi connectivity index (χ1v) is 9.99. The average Bonchev–Trinajstić information content (AvgIpc) is 2.97. The number of nitrogens with zero attached hydrogens (tertiary/aromatic N) is 2. The number of hydrogen-bond donors (Lipinski definition) is 0. The molecule has 0 bridgehead atoms. The molecule has 29 heavy (non-hydrogen) atoms. The lowest BCUT2D eigenvalue weighted by atomic mass is 9.88. The van der Waals surface area contributed by atoms with Crippen molar-refractivity contribution in [3.63, 3.8) is 0 Å². The van der Waals surface area contributed by atoms with Crippen molar-refractivity contribution < 1.29 is 23.9 Å². The van der Waals surface area contributed by atoms with E-state index in [4.69, 9.17) is 9.47 Å². The summed E-state index contributed by atoms with van der Waals surface area (Å²) in [6.45, 7) is 7.37. The van der Waals surface area contributed by atoms with Crippen LogP contribution >= 0.6 is 0 Å². The van der Waals surface area contributed by atoms with Crippen LogP contribution in [0.4, 0.5) is 4.79 Å². The van der Waals surface area contributed by atoms with Gasteiger partial charge in [-0.1, -0.05) is 18.2 Å². The van der Waals surface area contributed by atoms with Gasteiger partial charge in [0, 0.05) is 25.3 Å². The second kappa shape index (κ2) is 6.90. The minimum absolute atomic E-state index is 0.0186. The highest BCUT2D eigenvalue weighted by Gasteiger charge is 2.45. The van der Waals surface area contributed by atoms with Gasteiger partial charge in [0.2, 0.25) is 5.91 Å². The van der Waals surface area contributed by atoms with Crippen LogP contribution in [0, 0.1) is 0 Å². The number of rotatable bonds is 1. The Kier molecular flexibility index (Phi) is 4.63. The van der Waals surface area contributed by atoms with Crippen molar-refractivity contribution in [1.29, 1.82) is 0 Å². The fraction of sp³-hybridized carbons (Fsp3) is 0.500. The number of ether oxygens (including phenoxy) is 2. The van der Waals surface area contributed by atoms with Gasteiger partial charge in [-0.3, -0.25) is 9.59 Å². The zero-order valence-electron chi connectivity index (χ0n) is 17.2. The molecule has 7 nitrogen and oxygen atoms in total. The zero-order valence-corrected chi connectivity index (χ0v) is 17.2. The number of benzene rings is 1. The Morgan fingerprint density at radius 1 is 1.14 bits per heavy atom. The molecule has 2 aliphatic rings.